The Morgan fingerprint density at radius 3 is 2.29 bits per heavy atom. The minimum atomic E-state index is -0.512. The highest BCUT2D eigenvalue weighted by atomic mass is 32.1. The van der Waals surface area contributed by atoms with Gasteiger partial charge in [-0.1, -0.05) is 19.9 Å². The van der Waals surface area contributed by atoms with E-state index in [9.17, 15) is 9.59 Å². The molecule has 0 aliphatic carbocycles. The number of benzene rings is 1. The Morgan fingerprint density at radius 1 is 1.07 bits per heavy atom. The maximum absolute atomic E-state index is 13.1. The summed E-state index contributed by atoms with van der Waals surface area (Å²) in [6.45, 7) is 6.74. The minimum Gasteiger partial charge on any atom is -0.497 e. The molecule has 2 heterocycles. The lowest BCUT2D eigenvalue weighted by Gasteiger charge is -2.38. The highest BCUT2D eigenvalue weighted by Gasteiger charge is 2.31. The van der Waals surface area contributed by atoms with Crippen LogP contribution in [0, 0.1) is 5.92 Å². The molecule has 6 nitrogen and oxygen atoms in total. The first-order valence-electron chi connectivity index (χ1n) is 9.51. The van der Waals surface area contributed by atoms with Crippen LogP contribution >= 0.6 is 11.3 Å². The number of thiophene rings is 1. The normalized spacial score (nSPS) is 15.4. The van der Waals surface area contributed by atoms with E-state index in [1.54, 1.807) is 13.2 Å². The Hall–Kier alpha value is -2.54. The number of anilines is 1. The summed E-state index contributed by atoms with van der Waals surface area (Å²) < 4.78 is 5.21. The summed E-state index contributed by atoms with van der Waals surface area (Å²) in [6, 6.07) is 11.1. The van der Waals surface area contributed by atoms with Gasteiger partial charge in [-0.15, -0.1) is 11.3 Å². The number of nitrogens with zero attached hydrogens (tertiary/aromatic N) is 2. The minimum absolute atomic E-state index is 0.00529. The second-order valence-corrected chi connectivity index (χ2v) is 8.13. The van der Waals surface area contributed by atoms with E-state index in [0.717, 1.165) is 24.5 Å². The first-order valence-corrected chi connectivity index (χ1v) is 10.4. The molecule has 0 saturated carbocycles. The van der Waals surface area contributed by atoms with Crippen molar-refractivity contribution in [3.8, 4) is 5.75 Å². The van der Waals surface area contributed by atoms with Crippen LogP contribution < -0.4 is 15.0 Å². The molecule has 1 aromatic carbocycles. The topological polar surface area (TPSA) is 61.9 Å². The number of hydrogen-bond acceptors (Lipinski definition) is 5. The van der Waals surface area contributed by atoms with Gasteiger partial charge in [0.2, 0.25) is 5.91 Å². The third-order valence-corrected chi connectivity index (χ3v) is 5.86. The molecule has 1 N–H and O–H groups in total. The van der Waals surface area contributed by atoms with Crippen LogP contribution in [0.25, 0.3) is 0 Å². The Kier molecular flexibility index (Phi) is 6.57. The summed E-state index contributed by atoms with van der Waals surface area (Å²) >= 11 is 1.38. The molecule has 0 bridgehead atoms. The monoisotopic (exact) mass is 401 g/mol. The van der Waals surface area contributed by atoms with Crippen LogP contribution in [0.4, 0.5) is 5.69 Å². The number of hydrogen-bond donors (Lipinski definition) is 1. The van der Waals surface area contributed by atoms with Gasteiger partial charge in [0.25, 0.3) is 5.91 Å². The first kappa shape index (κ1) is 20.2. The zero-order valence-electron chi connectivity index (χ0n) is 16.6. The van der Waals surface area contributed by atoms with Gasteiger partial charge in [0.05, 0.1) is 12.0 Å². The fraction of sp³-hybridized carbons (Fsp3) is 0.429. The van der Waals surface area contributed by atoms with Crippen molar-refractivity contribution in [2.24, 2.45) is 5.92 Å². The van der Waals surface area contributed by atoms with Gasteiger partial charge in [0.1, 0.15) is 11.8 Å². The van der Waals surface area contributed by atoms with E-state index in [4.69, 9.17) is 4.74 Å². The lowest BCUT2D eigenvalue weighted by Crippen LogP contribution is -2.56. The largest absolute Gasteiger partial charge is 0.497 e. The van der Waals surface area contributed by atoms with Gasteiger partial charge in [-0.2, -0.15) is 0 Å². The van der Waals surface area contributed by atoms with Crippen molar-refractivity contribution < 1.29 is 14.3 Å². The van der Waals surface area contributed by atoms with Crippen LogP contribution in [-0.4, -0.2) is 56.0 Å². The predicted molar refractivity (Wildman–Crippen MR) is 112 cm³/mol. The molecule has 1 aliphatic heterocycles. The van der Waals surface area contributed by atoms with Crippen LogP contribution in [-0.2, 0) is 4.79 Å². The molecule has 3 rings (SSSR count). The Labute approximate surface area is 170 Å². The Bertz CT molecular complexity index is 782. The summed E-state index contributed by atoms with van der Waals surface area (Å²) in [7, 11) is 1.65. The third kappa shape index (κ3) is 4.65. The average Bonchev–Trinajstić information content (AvgIpc) is 3.26. The van der Waals surface area contributed by atoms with Gasteiger partial charge in [-0.05, 0) is 41.6 Å². The SMILES string of the molecule is COc1ccc(N2CCN(C(=O)C(NC(=O)c3cccs3)C(C)C)CC2)cc1. The van der Waals surface area contributed by atoms with Crippen molar-refractivity contribution in [1.82, 2.24) is 10.2 Å². The van der Waals surface area contributed by atoms with Crippen molar-refractivity contribution in [1.29, 1.82) is 0 Å². The first-order chi connectivity index (χ1) is 13.5. The fourth-order valence-electron chi connectivity index (χ4n) is 3.31. The average molecular weight is 402 g/mol. The van der Waals surface area contributed by atoms with Crippen molar-refractivity contribution in [3.63, 3.8) is 0 Å². The second kappa shape index (κ2) is 9.10. The molecule has 28 heavy (non-hydrogen) atoms. The van der Waals surface area contributed by atoms with Gasteiger partial charge < -0.3 is 19.9 Å². The second-order valence-electron chi connectivity index (χ2n) is 7.18. The van der Waals surface area contributed by atoms with E-state index in [0.29, 0.717) is 18.0 Å². The zero-order chi connectivity index (χ0) is 20.1. The smallest absolute Gasteiger partial charge is 0.262 e. The number of methoxy groups -OCH3 is 1. The number of carbonyl (C=O) groups is 2. The molecule has 1 fully saturated rings. The van der Waals surface area contributed by atoms with E-state index in [-0.39, 0.29) is 17.7 Å². The molecule has 7 heteroatoms. The van der Waals surface area contributed by atoms with Crippen LogP contribution in [0.1, 0.15) is 23.5 Å². The number of piperazine rings is 1. The maximum atomic E-state index is 13.1. The molecule has 1 aliphatic rings. The van der Waals surface area contributed by atoms with Crippen molar-refractivity contribution in [2.75, 3.05) is 38.2 Å². The van der Waals surface area contributed by atoms with Crippen molar-refractivity contribution >= 4 is 28.8 Å². The molecule has 0 spiro atoms. The quantitative estimate of drug-likeness (QED) is 0.809. The van der Waals surface area contributed by atoms with Gasteiger partial charge in [0, 0.05) is 31.9 Å². The molecule has 1 aromatic heterocycles. The molecule has 2 amide bonds. The standard InChI is InChI=1S/C21H27N3O3S/c1-15(2)19(22-20(25)18-5-4-14-28-18)21(26)24-12-10-23(11-13-24)16-6-8-17(27-3)9-7-16/h4-9,14-15,19H,10-13H2,1-3H3,(H,22,25). The van der Waals surface area contributed by atoms with Crippen LogP contribution in [0.3, 0.4) is 0 Å². The number of amides is 2. The van der Waals surface area contributed by atoms with E-state index in [2.05, 4.69) is 10.2 Å². The molecular formula is C21H27N3O3S. The fourth-order valence-corrected chi connectivity index (χ4v) is 3.94. The summed E-state index contributed by atoms with van der Waals surface area (Å²) in [5.74, 6) is 0.669. The predicted octanol–water partition coefficient (Wildman–Crippen LogP) is 2.86. The van der Waals surface area contributed by atoms with E-state index in [1.165, 1.54) is 11.3 Å². The molecule has 2 aromatic rings. The highest BCUT2D eigenvalue weighted by molar-refractivity contribution is 7.12. The summed E-state index contributed by atoms with van der Waals surface area (Å²) in [4.78, 5) is 30.2. The van der Waals surface area contributed by atoms with Gasteiger partial charge in [0.15, 0.2) is 0 Å². The number of nitrogens with one attached hydrogen (secondary N) is 1. The van der Waals surface area contributed by atoms with Crippen LogP contribution in [0.15, 0.2) is 41.8 Å². The van der Waals surface area contributed by atoms with Gasteiger partial charge in [-0.3, -0.25) is 9.59 Å². The van der Waals surface area contributed by atoms with Crippen LogP contribution in [0.5, 0.6) is 5.75 Å². The van der Waals surface area contributed by atoms with Gasteiger partial charge >= 0.3 is 0 Å². The summed E-state index contributed by atoms with van der Waals surface area (Å²) in [5.41, 5.74) is 1.12. The number of carbonyl (C=O) groups excluding carboxylic acids is 2. The van der Waals surface area contributed by atoms with Gasteiger partial charge in [-0.25, -0.2) is 0 Å². The summed E-state index contributed by atoms with van der Waals surface area (Å²) in [5, 5.41) is 4.78. The number of ether oxygens (including phenoxy) is 1. The molecule has 1 saturated heterocycles. The third-order valence-electron chi connectivity index (χ3n) is 4.99. The lowest BCUT2D eigenvalue weighted by atomic mass is 10.0. The van der Waals surface area contributed by atoms with Crippen LogP contribution in [0.2, 0.25) is 0 Å². The highest BCUT2D eigenvalue weighted by Crippen LogP contribution is 2.21. The molecular weight excluding hydrogens is 374 g/mol. The molecule has 150 valence electrons. The molecule has 1 atom stereocenters. The van der Waals surface area contributed by atoms with E-state index in [1.807, 2.05) is 54.5 Å². The molecule has 1 unspecified atom stereocenters. The Morgan fingerprint density at radius 2 is 1.75 bits per heavy atom. The number of rotatable bonds is 6. The maximum Gasteiger partial charge on any atom is 0.262 e. The zero-order valence-corrected chi connectivity index (χ0v) is 17.4. The van der Waals surface area contributed by atoms with E-state index >= 15 is 0 Å². The van der Waals surface area contributed by atoms with E-state index < -0.39 is 6.04 Å². The molecule has 0 radical (unpaired) electrons. The van der Waals surface area contributed by atoms with Crippen molar-refractivity contribution in [2.45, 2.75) is 19.9 Å². The summed E-state index contributed by atoms with van der Waals surface area (Å²) in [6.07, 6.45) is 0. The lowest BCUT2D eigenvalue weighted by molar-refractivity contribution is -0.134. The Balaban J connectivity index is 1.59. The van der Waals surface area contributed by atoms with Crippen molar-refractivity contribution in [3.05, 3.63) is 46.7 Å².